The Labute approximate surface area is 99.6 Å². The van der Waals surface area contributed by atoms with Crippen molar-refractivity contribution in [3.8, 4) is 0 Å². The summed E-state index contributed by atoms with van der Waals surface area (Å²) in [5, 5.41) is 6.38. The van der Waals surface area contributed by atoms with Gasteiger partial charge in [-0.25, -0.2) is 13.1 Å². The van der Waals surface area contributed by atoms with Gasteiger partial charge in [0.05, 0.1) is 13.1 Å². The summed E-state index contributed by atoms with van der Waals surface area (Å²) in [6.45, 7) is 17.8. The summed E-state index contributed by atoms with van der Waals surface area (Å²) >= 11 is 1.60. The molecule has 0 aliphatic rings. The molecule has 0 saturated carbocycles. The Kier molecular flexibility index (Phi) is 4.68. The standard InChI is InChI=1S/C10H14N5S/c1-9-14(4)13-10(16-9)15(7-5-11-2)8-6-12-3/h5-8H2,1,4H3/q+1. The molecule has 0 aliphatic heterocycles. The van der Waals surface area contributed by atoms with E-state index in [9.17, 15) is 0 Å². The molecule has 84 valence electrons. The lowest BCUT2D eigenvalue weighted by Crippen LogP contribution is -2.35. The highest BCUT2D eigenvalue weighted by Crippen LogP contribution is 2.17. The van der Waals surface area contributed by atoms with Gasteiger partial charge in [-0.15, -0.1) is 0 Å². The second-order valence-electron chi connectivity index (χ2n) is 3.28. The highest BCUT2D eigenvalue weighted by molar-refractivity contribution is 7.14. The third kappa shape index (κ3) is 3.18. The van der Waals surface area contributed by atoms with Crippen LogP contribution in [0.3, 0.4) is 0 Å². The van der Waals surface area contributed by atoms with Crippen molar-refractivity contribution in [3.05, 3.63) is 27.8 Å². The SMILES string of the molecule is [C-]#[N+]CCN(CC[N+]#[C-])c1n[n+](C)c(C)s1. The molecule has 5 nitrogen and oxygen atoms in total. The molecular weight excluding hydrogens is 222 g/mol. The molecule has 6 heteroatoms. The van der Waals surface area contributed by atoms with Gasteiger partial charge in [-0.1, -0.05) is 4.68 Å². The van der Waals surface area contributed by atoms with Gasteiger partial charge in [0.1, 0.15) is 0 Å². The van der Waals surface area contributed by atoms with Crippen molar-refractivity contribution in [3.63, 3.8) is 0 Å². The van der Waals surface area contributed by atoms with Crippen LogP contribution in [0.1, 0.15) is 5.01 Å². The van der Waals surface area contributed by atoms with E-state index >= 15 is 0 Å². The topological polar surface area (TPSA) is 28.7 Å². The fraction of sp³-hybridized carbons (Fsp3) is 0.600. The molecule has 1 aromatic rings. The summed E-state index contributed by atoms with van der Waals surface area (Å²) in [5.74, 6) is 0. The number of anilines is 1. The Morgan fingerprint density at radius 1 is 1.31 bits per heavy atom. The Balaban J connectivity index is 2.75. The van der Waals surface area contributed by atoms with Crippen LogP contribution in [0.25, 0.3) is 9.69 Å². The summed E-state index contributed by atoms with van der Waals surface area (Å²) < 4.78 is 1.82. The number of aryl methyl sites for hydroxylation is 2. The van der Waals surface area contributed by atoms with Crippen LogP contribution in [-0.2, 0) is 7.05 Å². The van der Waals surface area contributed by atoms with Crippen molar-refractivity contribution in [2.24, 2.45) is 7.05 Å². The first-order chi connectivity index (χ1) is 7.69. The van der Waals surface area contributed by atoms with E-state index in [0.29, 0.717) is 26.2 Å². The fourth-order valence-corrected chi connectivity index (χ4v) is 2.10. The lowest BCUT2D eigenvalue weighted by molar-refractivity contribution is -0.729. The second kappa shape index (κ2) is 6.04. The smallest absolute Gasteiger partial charge is 0.263 e. The van der Waals surface area contributed by atoms with E-state index in [4.69, 9.17) is 13.1 Å². The predicted octanol–water partition coefficient (Wildman–Crippen LogP) is 0.921. The minimum atomic E-state index is 0.445. The molecular formula is C10H14N5S+. The average molecular weight is 236 g/mol. The summed E-state index contributed by atoms with van der Waals surface area (Å²) in [5.41, 5.74) is 0. The summed E-state index contributed by atoms with van der Waals surface area (Å²) in [7, 11) is 1.90. The van der Waals surface area contributed by atoms with Gasteiger partial charge in [-0.3, -0.25) is 0 Å². The van der Waals surface area contributed by atoms with Crippen LogP contribution in [0.4, 0.5) is 5.13 Å². The van der Waals surface area contributed by atoms with Crippen molar-refractivity contribution in [1.82, 2.24) is 5.10 Å². The fourth-order valence-electron chi connectivity index (χ4n) is 1.19. The highest BCUT2D eigenvalue weighted by atomic mass is 32.1. The highest BCUT2D eigenvalue weighted by Gasteiger charge is 2.19. The minimum absolute atomic E-state index is 0.445. The third-order valence-corrected chi connectivity index (χ3v) is 3.25. The van der Waals surface area contributed by atoms with E-state index in [0.717, 1.165) is 10.1 Å². The largest absolute Gasteiger partial charge is 0.328 e. The molecule has 0 aliphatic carbocycles. The average Bonchev–Trinajstić information content (AvgIpc) is 2.59. The van der Waals surface area contributed by atoms with Crippen LogP contribution in [0.2, 0.25) is 0 Å². The molecule has 0 bridgehead atoms. The molecule has 0 atom stereocenters. The first kappa shape index (κ1) is 12.4. The number of hydrogen-bond donors (Lipinski definition) is 0. The monoisotopic (exact) mass is 236 g/mol. The van der Waals surface area contributed by atoms with Crippen LogP contribution >= 0.6 is 11.3 Å². The lowest BCUT2D eigenvalue weighted by atomic mass is 10.5. The zero-order valence-corrected chi connectivity index (χ0v) is 10.3. The maximum absolute atomic E-state index is 6.80. The van der Waals surface area contributed by atoms with Crippen LogP contribution in [0.5, 0.6) is 0 Å². The van der Waals surface area contributed by atoms with Crippen molar-refractivity contribution in [2.75, 3.05) is 31.1 Å². The number of hydrogen-bond acceptors (Lipinski definition) is 3. The van der Waals surface area contributed by atoms with Crippen LogP contribution in [0, 0.1) is 20.1 Å². The van der Waals surface area contributed by atoms with Gasteiger partial charge >= 0.3 is 0 Å². The van der Waals surface area contributed by atoms with Gasteiger partial charge in [0.25, 0.3) is 10.1 Å². The van der Waals surface area contributed by atoms with Crippen LogP contribution in [-0.4, -0.2) is 31.3 Å². The van der Waals surface area contributed by atoms with E-state index in [-0.39, 0.29) is 0 Å². The molecule has 1 heterocycles. The molecule has 0 N–H and O–H groups in total. The second-order valence-corrected chi connectivity index (χ2v) is 4.44. The molecule has 0 fully saturated rings. The normalized spacial score (nSPS) is 9.50. The molecule has 0 amide bonds. The maximum atomic E-state index is 6.80. The Bertz CT molecular complexity index is 388. The van der Waals surface area contributed by atoms with Crippen molar-refractivity contribution >= 4 is 16.5 Å². The Hall–Kier alpha value is -1.66. The van der Waals surface area contributed by atoms with Gasteiger partial charge < -0.3 is 14.6 Å². The van der Waals surface area contributed by atoms with E-state index in [1.165, 1.54) is 0 Å². The molecule has 0 radical (unpaired) electrons. The quantitative estimate of drug-likeness (QED) is 0.562. The van der Waals surface area contributed by atoms with Gasteiger partial charge in [0.2, 0.25) is 13.1 Å². The van der Waals surface area contributed by atoms with E-state index < -0.39 is 0 Å². The lowest BCUT2D eigenvalue weighted by Gasteiger charge is -2.13. The summed E-state index contributed by atoms with van der Waals surface area (Å²) in [6.07, 6.45) is 0. The zero-order valence-electron chi connectivity index (χ0n) is 9.47. The van der Waals surface area contributed by atoms with E-state index in [2.05, 4.69) is 14.8 Å². The first-order valence-corrected chi connectivity index (χ1v) is 5.75. The summed E-state index contributed by atoms with van der Waals surface area (Å²) in [4.78, 5) is 8.69. The molecule has 1 rings (SSSR count). The molecule has 0 saturated heterocycles. The van der Waals surface area contributed by atoms with Crippen molar-refractivity contribution < 1.29 is 4.68 Å². The van der Waals surface area contributed by atoms with Gasteiger partial charge in [0.15, 0.2) is 7.05 Å². The van der Waals surface area contributed by atoms with E-state index in [1.54, 1.807) is 11.3 Å². The number of aromatic nitrogens is 2. The van der Waals surface area contributed by atoms with Crippen molar-refractivity contribution in [2.45, 2.75) is 6.92 Å². The van der Waals surface area contributed by atoms with Crippen molar-refractivity contribution in [1.29, 1.82) is 0 Å². The molecule has 1 aromatic heterocycles. The van der Waals surface area contributed by atoms with Gasteiger partial charge in [0, 0.05) is 12.0 Å². The van der Waals surface area contributed by atoms with Crippen LogP contribution in [0.15, 0.2) is 0 Å². The van der Waals surface area contributed by atoms with Crippen LogP contribution < -0.4 is 9.58 Å². The third-order valence-electron chi connectivity index (χ3n) is 2.16. The van der Waals surface area contributed by atoms with Gasteiger partial charge in [-0.2, -0.15) is 0 Å². The number of rotatable bonds is 5. The zero-order chi connectivity index (χ0) is 12.0. The maximum Gasteiger partial charge on any atom is 0.263 e. The minimum Gasteiger partial charge on any atom is -0.328 e. The molecule has 0 aromatic carbocycles. The Morgan fingerprint density at radius 2 is 1.88 bits per heavy atom. The van der Waals surface area contributed by atoms with E-state index in [1.807, 2.05) is 23.6 Å². The summed E-state index contributed by atoms with van der Waals surface area (Å²) in [6, 6.07) is 0. The Morgan fingerprint density at radius 3 is 2.25 bits per heavy atom. The first-order valence-electron chi connectivity index (χ1n) is 4.94. The predicted molar refractivity (Wildman–Crippen MR) is 63.2 cm³/mol. The van der Waals surface area contributed by atoms with Gasteiger partial charge in [-0.05, 0) is 11.3 Å². The molecule has 16 heavy (non-hydrogen) atoms. The number of nitrogens with zero attached hydrogens (tertiary/aromatic N) is 5. The molecule has 0 spiro atoms. The molecule has 0 unspecified atom stereocenters.